The fourth-order valence-corrected chi connectivity index (χ4v) is 16.2. The molecule has 0 aliphatic rings. The summed E-state index contributed by atoms with van der Waals surface area (Å²) < 4.78 is 7.14. The third-order valence-corrected chi connectivity index (χ3v) is 21.4. The zero-order chi connectivity index (χ0) is 68.0. The van der Waals surface area contributed by atoms with Crippen molar-refractivity contribution in [3.63, 3.8) is 0 Å². The van der Waals surface area contributed by atoms with E-state index in [4.69, 9.17) is 0 Å². The van der Waals surface area contributed by atoms with Crippen molar-refractivity contribution < 1.29 is 0 Å². The highest BCUT2D eigenvalue weighted by atomic mass is 15.0. The summed E-state index contributed by atoms with van der Waals surface area (Å²) in [5.41, 5.74) is 22.6. The molecule has 4 heterocycles. The minimum Gasteiger partial charge on any atom is -0.309 e. The molecule has 17 aromatic rings. The second kappa shape index (κ2) is 22.6. The fourth-order valence-electron chi connectivity index (χ4n) is 16.2. The summed E-state index contributed by atoms with van der Waals surface area (Å²) in [5.74, 6) is 0. The van der Waals surface area contributed by atoms with Crippen molar-refractivity contribution in [2.45, 2.75) is 104 Å². The van der Waals surface area contributed by atoms with Crippen LogP contribution in [0.25, 0.3) is 148 Å². The number of rotatable bonds is 9. The highest BCUT2D eigenvalue weighted by Crippen LogP contribution is 2.49. The van der Waals surface area contributed by atoms with Crippen LogP contribution in [0.5, 0.6) is 0 Å². The number of hydrogen-bond donors (Lipinski definition) is 0. The van der Waals surface area contributed by atoms with Crippen molar-refractivity contribution in [3.8, 4) is 56.5 Å². The number of nitrogens with zero attached hydrogens (tertiary/aromatic N) is 5. The lowest BCUT2D eigenvalue weighted by Crippen LogP contribution is -2.20. The van der Waals surface area contributed by atoms with Crippen LogP contribution in [-0.2, 0) is 28.1 Å². The molecule has 0 unspecified atom stereocenters. The molecule has 4 aromatic heterocycles. The van der Waals surface area contributed by atoms with Gasteiger partial charge in [0.25, 0.3) is 0 Å². The van der Waals surface area contributed by atoms with Crippen molar-refractivity contribution in [1.29, 1.82) is 5.26 Å². The molecule has 0 saturated carbocycles. The Morgan fingerprint density at radius 3 is 1.35 bits per heavy atom. The van der Waals surface area contributed by atoms with Crippen LogP contribution in [-0.4, -0.2) is 18.7 Å². The minimum absolute atomic E-state index is 0.0696. The maximum absolute atomic E-state index is 12.0. The average Bonchev–Trinajstić information content (AvgIpc) is 1.71. The molecule has 0 saturated heterocycles. The number of hydrogen-bond acceptors (Lipinski definition) is 2. The number of fused-ring (bicyclic) bond motifs is 12. The summed E-state index contributed by atoms with van der Waals surface area (Å²) in [5, 5.41) is 26.5. The molecule has 0 bridgehead atoms. The summed E-state index contributed by atoms with van der Waals surface area (Å²) in [4.78, 5) is 4.48. The van der Waals surface area contributed by atoms with E-state index in [9.17, 15) is 5.26 Å². The highest BCUT2D eigenvalue weighted by Gasteiger charge is 2.30. The first-order chi connectivity index (χ1) is 47.7. The predicted octanol–water partition coefficient (Wildman–Crippen LogP) is 25.1. The van der Waals surface area contributed by atoms with E-state index in [0.29, 0.717) is 5.56 Å². The average molecular weight is 1280 g/mol. The molecule has 99 heavy (non-hydrogen) atoms. The molecule has 5 heteroatoms. The van der Waals surface area contributed by atoms with Crippen molar-refractivity contribution in [2.75, 3.05) is 0 Å². The minimum atomic E-state index is -0.339. The lowest BCUT2D eigenvalue weighted by atomic mass is 9.77. The maximum Gasteiger partial charge on any atom is 0.104 e. The van der Waals surface area contributed by atoms with Gasteiger partial charge >= 0.3 is 0 Å². The number of aromatic nitrogens is 4. The summed E-state index contributed by atoms with van der Waals surface area (Å²) in [6, 6.07) is 98.3. The smallest absolute Gasteiger partial charge is 0.104 e. The third kappa shape index (κ3) is 10.1. The largest absolute Gasteiger partial charge is 0.309 e. The Labute approximate surface area is 579 Å². The molecule has 5 nitrogen and oxygen atoms in total. The molecule has 13 aromatic carbocycles. The predicted molar refractivity (Wildman–Crippen MR) is 420 cm³/mol. The molecule has 0 N–H and O–H groups in total. The molecule has 0 fully saturated rings. The molecule has 0 aliphatic carbocycles. The van der Waals surface area contributed by atoms with Crippen molar-refractivity contribution in [3.05, 3.63) is 301 Å². The van der Waals surface area contributed by atoms with Crippen LogP contribution in [0.15, 0.2) is 267 Å². The van der Waals surface area contributed by atoms with Crippen LogP contribution in [0.2, 0.25) is 0 Å². The molecular weight excluding hydrogens is 1200 g/mol. The Bertz CT molecular complexity index is 6140. The molecule has 0 aliphatic heterocycles. The molecule has 0 atom stereocenters. The first kappa shape index (κ1) is 61.3. The zero-order valence-corrected chi connectivity index (χ0v) is 58.3. The van der Waals surface area contributed by atoms with Gasteiger partial charge in [-0.15, -0.1) is 0 Å². The van der Waals surface area contributed by atoms with Gasteiger partial charge in [0.05, 0.1) is 44.5 Å². The highest BCUT2D eigenvalue weighted by molar-refractivity contribution is 6.25. The Kier molecular flexibility index (Phi) is 14.0. The summed E-state index contributed by atoms with van der Waals surface area (Å²) in [6.07, 6.45) is 4.51. The maximum atomic E-state index is 12.0. The van der Waals surface area contributed by atoms with Crippen molar-refractivity contribution >= 4 is 97.7 Å². The Hall–Kier alpha value is -11.3. The van der Waals surface area contributed by atoms with Crippen LogP contribution in [0.4, 0.5) is 0 Å². The van der Waals surface area contributed by atoms with Gasteiger partial charge in [-0.25, -0.2) is 0 Å². The Balaban J connectivity index is 0.865. The van der Waals surface area contributed by atoms with Gasteiger partial charge in [0.15, 0.2) is 0 Å². The molecule has 0 spiro atoms. The Morgan fingerprint density at radius 1 is 0.323 bits per heavy atom. The number of benzene rings is 13. The molecule has 17 rings (SSSR count). The van der Waals surface area contributed by atoms with E-state index in [2.05, 4.69) is 356 Å². The monoisotopic (exact) mass is 1280 g/mol. The van der Waals surface area contributed by atoms with E-state index >= 15 is 0 Å². The van der Waals surface area contributed by atoms with Crippen LogP contribution in [0.1, 0.15) is 110 Å². The number of pyridine rings is 1. The van der Waals surface area contributed by atoms with E-state index < -0.39 is 0 Å². The van der Waals surface area contributed by atoms with Crippen LogP contribution in [0, 0.1) is 11.3 Å². The SMILES string of the molecule is CC(C)(C)c1ccc2c(c1)c1cc(C(C)(C)C)ccc1n2-c1cc(-c2ccncc2)cc(-n2c3ccc(C(C)(C)C)cc3c3cc(C(C)(C)Cc4ccc5c(-c6cccc7ccccc67)c6ccccc6c(-c6ccc7c(c6)c6ccccc6n7-c6ccccc6)c5c4)ccc32)c1C#N. The van der Waals surface area contributed by atoms with E-state index in [1.807, 2.05) is 12.4 Å². The Morgan fingerprint density at radius 2 is 0.778 bits per heavy atom. The van der Waals surface area contributed by atoms with Gasteiger partial charge < -0.3 is 13.7 Å². The summed E-state index contributed by atoms with van der Waals surface area (Å²) in [7, 11) is 0. The van der Waals surface area contributed by atoms with E-state index in [0.717, 1.165) is 67.4 Å². The molecule has 480 valence electrons. The van der Waals surface area contributed by atoms with Gasteiger partial charge in [-0.1, -0.05) is 228 Å². The summed E-state index contributed by atoms with van der Waals surface area (Å²) >= 11 is 0. The van der Waals surface area contributed by atoms with E-state index in [-0.39, 0.29) is 21.7 Å². The second-order valence-corrected chi connectivity index (χ2v) is 31.3. The van der Waals surface area contributed by atoms with E-state index in [1.54, 1.807) is 0 Å². The first-order valence-electron chi connectivity index (χ1n) is 34.9. The van der Waals surface area contributed by atoms with Gasteiger partial charge in [0, 0.05) is 50.4 Å². The fraction of sp³-hybridized carbons (Fsp3) is 0.170. The van der Waals surface area contributed by atoms with Crippen LogP contribution < -0.4 is 0 Å². The first-order valence-corrected chi connectivity index (χ1v) is 34.9. The number of para-hydroxylation sites is 2. The standard InChI is InChI=1S/C94H79N5/c1-91(2,3)63-34-40-83-75(52-63)76-53-64(92(4,5)6)35-41-84(76)98(83)87-50-62(59-44-46-96-47-45-59)51-88(80(87)57-95)99-85-42-36-65(93(7,8)9)54-77(85)78-55-66(37-43-86(78)99)94(10,11)56-58-32-38-73-79(48-58)89(71-28-17-18-29-72(71)90(73)70-30-21-23-60-22-15-16-26-68(60)70)61-33-39-82-74(49-61)69-27-19-20-31-81(69)97(82)67-24-13-12-14-25-67/h12-55H,56H2,1-11H3. The normalized spacial score (nSPS) is 12.6. The molecule has 0 amide bonds. The zero-order valence-electron chi connectivity index (χ0n) is 58.3. The van der Waals surface area contributed by atoms with Crippen LogP contribution >= 0.6 is 0 Å². The van der Waals surface area contributed by atoms with Crippen LogP contribution in [0.3, 0.4) is 0 Å². The van der Waals surface area contributed by atoms with Gasteiger partial charge in [0.2, 0.25) is 0 Å². The quantitative estimate of drug-likeness (QED) is 0.135. The van der Waals surface area contributed by atoms with E-state index in [1.165, 1.54) is 115 Å². The van der Waals surface area contributed by atoms with Gasteiger partial charge in [-0.3, -0.25) is 4.98 Å². The van der Waals surface area contributed by atoms with Gasteiger partial charge in [0.1, 0.15) is 11.6 Å². The van der Waals surface area contributed by atoms with Gasteiger partial charge in [-0.05, 0) is 225 Å². The van der Waals surface area contributed by atoms with Crippen molar-refractivity contribution in [2.24, 2.45) is 0 Å². The van der Waals surface area contributed by atoms with Gasteiger partial charge in [-0.2, -0.15) is 5.26 Å². The number of nitriles is 1. The van der Waals surface area contributed by atoms with Crippen molar-refractivity contribution in [1.82, 2.24) is 18.7 Å². The lowest BCUT2D eigenvalue weighted by Gasteiger charge is -2.27. The molecular formula is C94H79N5. The topological polar surface area (TPSA) is 51.5 Å². The second-order valence-electron chi connectivity index (χ2n) is 31.3. The lowest BCUT2D eigenvalue weighted by molar-refractivity contribution is 0.523. The molecule has 0 radical (unpaired) electrons. The third-order valence-electron chi connectivity index (χ3n) is 21.4. The summed E-state index contributed by atoms with van der Waals surface area (Å²) in [6.45, 7) is 25.4.